The largest absolute Gasteiger partial charge is 0.371 e. The number of amides is 2. The Balaban J connectivity index is 1.60. The van der Waals surface area contributed by atoms with Gasteiger partial charge in [0.15, 0.2) is 5.72 Å². The first-order valence-electron chi connectivity index (χ1n) is 13.2. The van der Waals surface area contributed by atoms with Crippen LogP contribution in [-0.2, 0) is 27.5 Å². The lowest BCUT2D eigenvalue weighted by Gasteiger charge is -2.45. The van der Waals surface area contributed by atoms with E-state index >= 15 is 0 Å². The zero-order valence-electron chi connectivity index (χ0n) is 22.7. The second-order valence-electron chi connectivity index (χ2n) is 10.3. The molecule has 2 unspecified atom stereocenters. The van der Waals surface area contributed by atoms with Crippen molar-refractivity contribution in [2.24, 2.45) is 0 Å². The predicted molar refractivity (Wildman–Crippen MR) is 153 cm³/mol. The first-order valence-corrected chi connectivity index (χ1v) is 14.0. The zero-order valence-corrected chi connectivity index (χ0v) is 24.2. The van der Waals surface area contributed by atoms with Crippen LogP contribution in [-0.4, -0.2) is 58.4 Å². The lowest BCUT2D eigenvalue weighted by atomic mass is 9.85. The van der Waals surface area contributed by atoms with E-state index in [0.717, 1.165) is 12.0 Å². The van der Waals surface area contributed by atoms with Gasteiger partial charge in [-0.2, -0.15) is 0 Å². The van der Waals surface area contributed by atoms with E-state index in [1.54, 1.807) is 55.5 Å². The summed E-state index contributed by atoms with van der Waals surface area (Å²) in [5.41, 5.74) is 0.383. The Morgan fingerprint density at radius 3 is 2.48 bits per heavy atom. The van der Waals surface area contributed by atoms with Crippen LogP contribution in [0.4, 0.5) is 0 Å². The SMILES string of the molecule is CCC(=O)NC1CCN(C)C(O)(c2ccc3c(c2)C(=O)N(Cc2ccc(Cl)cn2)[C@@]3(OC)c2ccc(Cl)cc2)C1. The minimum atomic E-state index is -1.37. The van der Waals surface area contributed by atoms with Gasteiger partial charge in [0.05, 0.1) is 17.3 Å². The third-order valence-electron chi connectivity index (χ3n) is 8.00. The van der Waals surface area contributed by atoms with Crippen LogP contribution >= 0.6 is 23.2 Å². The zero-order chi connectivity index (χ0) is 28.7. The molecular weight excluding hydrogens is 551 g/mol. The topological polar surface area (TPSA) is 95.0 Å². The van der Waals surface area contributed by atoms with Crippen LogP contribution in [0.1, 0.15) is 58.9 Å². The summed E-state index contributed by atoms with van der Waals surface area (Å²) >= 11 is 12.3. The van der Waals surface area contributed by atoms with Crippen LogP contribution in [0.5, 0.6) is 0 Å². The summed E-state index contributed by atoms with van der Waals surface area (Å²) in [6.07, 6.45) is 2.94. The van der Waals surface area contributed by atoms with Crippen molar-refractivity contribution < 1.29 is 19.4 Å². The predicted octanol–water partition coefficient (Wildman–Crippen LogP) is 4.66. The molecule has 0 spiro atoms. The maximum absolute atomic E-state index is 14.2. The molecule has 1 saturated heterocycles. The summed E-state index contributed by atoms with van der Waals surface area (Å²) in [5, 5.41) is 16.0. The van der Waals surface area contributed by atoms with E-state index in [1.165, 1.54) is 0 Å². The quantitative estimate of drug-likeness (QED) is 0.421. The molecule has 2 N–H and O–H groups in total. The van der Waals surface area contributed by atoms with E-state index < -0.39 is 11.4 Å². The first kappa shape index (κ1) is 28.5. The highest BCUT2D eigenvalue weighted by molar-refractivity contribution is 6.30. The van der Waals surface area contributed by atoms with Crippen molar-refractivity contribution in [3.05, 3.63) is 98.8 Å². The fraction of sp³-hybridized carbons (Fsp3) is 0.367. The van der Waals surface area contributed by atoms with E-state index in [-0.39, 0.29) is 24.4 Å². The van der Waals surface area contributed by atoms with E-state index in [0.29, 0.717) is 51.8 Å². The average molecular weight is 584 g/mol. The molecule has 2 amide bonds. The number of piperidine rings is 1. The highest BCUT2D eigenvalue weighted by Gasteiger charge is 2.53. The van der Waals surface area contributed by atoms with Crippen LogP contribution in [0.15, 0.2) is 60.8 Å². The molecular formula is C30H32Cl2N4O4. The van der Waals surface area contributed by atoms with Crippen LogP contribution in [0.25, 0.3) is 0 Å². The molecule has 3 heterocycles. The fourth-order valence-electron chi connectivity index (χ4n) is 5.80. The number of halogens is 2. The van der Waals surface area contributed by atoms with Crippen LogP contribution in [0.3, 0.4) is 0 Å². The molecule has 2 aromatic carbocycles. The number of carbonyl (C=O) groups is 2. The second-order valence-corrected chi connectivity index (χ2v) is 11.2. The summed E-state index contributed by atoms with van der Waals surface area (Å²) < 4.78 is 6.22. The number of benzene rings is 2. The van der Waals surface area contributed by atoms with Gasteiger partial charge in [-0.25, -0.2) is 0 Å². The van der Waals surface area contributed by atoms with Crippen LogP contribution in [0, 0.1) is 0 Å². The summed E-state index contributed by atoms with van der Waals surface area (Å²) in [7, 11) is 3.41. The van der Waals surface area contributed by atoms with Crippen molar-refractivity contribution in [1.29, 1.82) is 0 Å². The van der Waals surface area contributed by atoms with Crippen molar-refractivity contribution in [3.8, 4) is 0 Å². The van der Waals surface area contributed by atoms with Crippen molar-refractivity contribution in [3.63, 3.8) is 0 Å². The van der Waals surface area contributed by atoms with Gasteiger partial charge in [0.2, 0.25) is 5.91 Å². The standard InChI is InChI=1S/C30H32Cl2N4O4/c1-4-27(37)34-23-13-14-35(2)29(39,16-23)20-7-12-26-25(15-20)28(38)36(18-24-11-10-22(32)17-33-24)30(26,40-3)19-5-8-21(31)9-6-19/h5-12,15,17,23,39H,4,13-14,16,18H2,1-3H3,(H,34,37)/t23?,29?,30-/m1/s1. The number of methoxy groups -OCH3 is 1. The number of ether oxygens (including phenoxy) is 1. The Hall–Kier alpha value is -3.01. The summed E-state index contributed by atoms with van der Waals surface area (Å²) in [4.78, 5) is 34.2. The number of fused-ring (bicyclic) bond motifs is 1. The number of hydrogen-bond donors (Lipinski definition) is 2. The van der Waals surface area contributed by atoms with E-state index in [4.69, 9.17) is 27.9 Å². The van der Waals surface area contributed by atoms with Gasteiger partial charge in [-0.15, -0.1) is 0 Å². The average Bonchev–Trinajstić information content (AvgIpc) is 3.19. The van der Waals surface area contributed by atoms with Gasteiger partial charge >= 0.3 is 0 Å². The lowest BCUT2D eigenvalue weighted by Crippen LogP contribution is -2.55. The molecule has 210 valence electrons. The van der Waals surface area contributed by atoms with Crippen LogP contribution < -0.4 is 5.32 Å². The fourth-order valence-corrected chi connectivity index (χ4v) is 6.03. The molecule has 10 heteroatoms. The molecule has 8 nitrogen and oxygen atoms in total. The number of hydrogen-bond acceptors (Lipinski definition) is 6. The molecule has 2 aliphatic rings. The highest BCUT2D eigenvalue weighted by Crippen LogP contribution is 2.47. The number of nitrogens with zero attached hydrogens (tertiary/aromatic N) is 3. The molecule has 3 atom stereocenters. The highest BCUT2D eigenvalue weighted by atomic mass is 35.5. The summed E-state index contributed by atoms with van der Waals surface area (Å²) in [6, 6.07) is 16.0. The van der Waals surface area contributed by atoms with Crippen molar-refractivity contribution in [2.75, 3.05) is 20.7 Å². The number of aromatic nitrogens is 1. The van der Waals surface area contributed by atoms with Gasteiger partial charge in [-0.05, 0) is 49.4 Å². The second kappa shape index (κ2) is 11.1. The molecule has 5 rings (SSSR count). The Morgan fingerprint density at radius 2 is 1.82 bits per heavy atom. The Morgan fingerprint density at radius 1 is 1.12 bits per heavy atom. The summed E-state index contributed by atoms with van der Waals surface area (Å²) in [6.45, 7) is 2.54. The number of carbonyl (C=O) groups excluding carboxylic acids is 2. The molecule has 2 aliphatic heterocycles. The Kier molecular flexibility index (Phi) is 7.92. The maximum Gasteiger partial charge on any atom is 0.257 e. The molecule has 0 radical (unpaired) electrons. The van der Waals surface area contributed by atoms with E-state index in [1.807, 2.05) is 36.2 Å². The van der Waals surface area contributed by atoms with Crippen molar-refractivity contribution in [1.82, 2.24) is 20.1 Å². The molecule has 1 fully saturated rings. The van der Waals surface area contributed by atoms with Gasteiger partial charge < -0.3 is 15.2 Å². The van der Waals surface area contributed by atoms with Gasteiger partial charge in [0.1, 0.15) is 5.72 Å². The molecule has 1 aromatic heterocycles. The third kappa shape index (κ3) is 4.88. The maximum atomic E-state index is 14.2. The number of nitrogens with one attached hydrogen (secondary N) is 1. The van der Waals surface area contributed by atoms with Crippen LogP contribution in [0.2, 0.25) is 10.0 Å². The van der Waals surface area contributed by atoms with Crippen molar-refractivity contribution >= 4 is 35.0 Å². The third-order valence-corrected chi connectivity index (χ3v) is 8.48. The smallest absolute Gasteiger partial charge is 0.257 e. The van der Waals surface area contributed by atoms with E-state index in [9.17, 15) is 14.7 Å². The molecule has 0 bridgehead atoms. The monoisotopic (exact) mass is 582 g/mol. The van der Waals surface area contributed by atoms with Gasteiger partial charge in [-0.1, -0.05) is 54.4 Å². The number of likely N-dealkylation sites (tertiary alicyclic amines) is 1. The number of aliphatic hydroxyl groups is 1. The minimum absolute atomic E-state index is 0.0553. The number of pyridine rings is 1. The molecule has 0 aliphatic carbocycles. The normalized spacial score (nSPS) is 24.7. The number of rotatable bonds is 7. The van der Waals surface area contributed by atoms with Gasteiger partial charge in [0, 0.05) is 60.4 Å². The first-order chi connectivity index (χ1) is 19.1. The lowest BCUT2D eigenvalue weighted by molar-refractivity contribution is -0.139. The molecule has 3 aromatic rings. The molecule has 40 heavy (non-hydrogen) atoms. The molecule has 0 saturated carbocycles. The van der Waals surface area contributed by atoms with Gasteiger partial charge in [-0.3, -0.25) is 24.4 Å². The Bertz CT molecular complexity index is 1420. The van der Waals surface area contributed by atoms with Gasteiger partial charge in [0.25, 0.3) is 5.91 Å². The Labute approximate surface area is 243 Å². The summed E-state index contributed by atoms with van der Waals surface area (Å²) in [5.74, 6) is -0.316. The van der Waals surface area contributed by atoms with E-state index in [2.05, 4.69) is 10.3 Å². The minimum Gasteiger partial charge on any atom is -0.371 e. The van der Waals surface area contributed by atoms with Crippen molar-refractivity contribution in [2.45, 2.75) is 50.2 Å².